The maximum atomic E-state index is 13.2. The molecule has 0 atom stereocenters. The van der Waals surface area contributed by atoms with Gasteiger partial charge in [0.15, 0.2) is 11.7 Å². The average molecular weight is 452 g/mol. The second-order valence-electron chi connectivity index (χ2n) is 7.38. The topological polar surface area (TPSA) is 53.6 Å². The molecule has 166 valence electrons. The van der Waals surface area contributed by atoms with E-state index in [-0.39, 0.29) is 17.4 Å². The van der Waals surface area contributed by atoms with Gasteiger partial charge in [0.25, 0.3) is 5.91 Å². The van der Waals surface area contributed by atoms with E-state index in [0.29, 0.717) is 11.4 Å². The molecule has 2 aromatic rings. The molecule has 9 heteroatoms. The van der Waals surface area contributed by atoms with Gasteiger partial charge in [0, 0.05) is 13.1 Å². The van der Waals surface area contributed by atoms with Gasteiger partial charge in [0.1, 0.15) is 5.75 Å². The Morgan fingerprint density at radius 1 is 1.10 bits per heavy atom. The summed E-state index contributed by atoms with van der Waals surface area (Å²) in [6.07, 6.45) is -1.45. The average Bonchev–Trinajstić information content (AvgIpc) is 2.73. The van der Waals surface area contributed by atoms with E-state index in [4.69, 9.17) is 17.0 Å². The Morgan fingerprint density at radius 3 is 2.42 bits per heavy atom. The molecular formula is C22H24F3N3O2S. The molecule has 1 aliphatic heterocycles. The zero-order chi connectivity index (χ0) is 22.4. The molecule has 2 N–H and O–H groups in total. The second kappa shape index (κ2) is 10.00. The number of alkyl halides is 3. The van der Waals surface area contributed by atoms with Crippen LogP contribution in [-0.4, -0.2) is 30.7 Å². The Labute approximate surface area is 184 Å². The Kier molecular flexibility index (Phi) is 7.37. The van der Waals surface area contributed by atoms with Gasteiger partial charge < -0.3 is 15.0 Å². The lowest BCUT2D eigenvalue weighted by Gasteiger charge is -2.31. The van der Waals surface area contributed by atoms with Gasteiger partial charge in [-0.15, -0.1) is 0 Å². The minimum absolute atomic E-state index is 0.0879. The van der Waals surface area contributed by atoms with Crippen LogP contribution in [0.15, 0.2) is 42.5 Å². The quantitative estimate of drug-likeness (QED) is 0.634. The molecule has 1 fully saturated rings. The van der Waals surface area contributed by atoms with Crippen molar-refractivity contribution >= 4 is 34.6 Å². The number of aryl methyl sites for hydroxylation is 1. The highest BCUT2D eigenvalue weighted by molar-refractivity contribution is 7.80. The van der Waals surface area contributed by atoms with Crippen molar-refractivity contribution in [1.82, 2.24) is 5.32 Å². The Morgan fingerprint density at radius 2 is 1.77 bits per heavy atom. The molecular weight excluding hydrogens is 427 g/mol. The fraction of sp³-hybridized carbons (Fsp3) is 0.364. The van der Waals surface area contributed by atoms with Crippen molar-refractivity contribution in [2.24, 2.45) is 0 Å². The molecule has 31 heavy (non-hydrogen) atoms. The van der Waals surface area contributed by atoms with Crippen LogP contribution in [0.1, 0.15) is 30.4 Å². The maximum Gasteiger partial charge on any atom is 0.416 e. The summed E-state index contributed by atoms with van der Waals surface area (Å²) < 4.78 is 45.0. The minimum atomic E-state index is -4.48. The highest BCUT2D eigenvalue weighted by atomic mass is 32.1. The lowest BCUT2D eigenvalue weighted by atomic mass is 10.1. The van der Waals surface area contributed by atoms with Crippen LogP contribution in [0, 0.1) is 6.92 Å². The SMILES string of the molecule is Cc1ccc(OCC(=O)NC(=S)Nc2cc(C(F)(F)F)ccc2N2CCCCC2)cc1. The molecule has 5 nitrogen and oxygen atoms in total. The van der Waals surface area contributed by atoms with Gasteiger partial charge in [0.2, 0.25) is 0 Å². The summed E-state index contributed by atoms with van der Waals surface area (Å²) in [5.41, 5.74) is 1.11. The number of amides is 1. The Balaban J connectivity index is 1.66. The van der Waals surface area contributed by atoms with Gasteiger partial charge in [0.05, 0.1) is 16.9 Å². The van der Waals surface area contributed by atoms with E-state index in [0.717, 1.165) is 50.0 Å². The number of benzene rings is 2. The van der Waals surface area contributed by atoms with Crippen LogP contribution in [0.4, 0.5) is 24.5 Å². The fourth-order valence-electron chi connectivity index (χ4n) is 3.32. The molecule has 1 heterocycles. The number of hydrogen-bond donors (Lipinski definition) is 2. The summed E-state index contributed by atoms with van der Waals surface area (Å²) >= 11 is 5.16. The van der Waals surface area contributed by atoms with Crippen molar-refractivity contribution in [3.8, 4) is 5.75 Å². The highest BCUT2D eigenvalue weighted by Gasteiger charge is 2.31. The van der Waals surface area contributed by atoms with Gasteiger partial charge in [-0.2, -0.15) is 13.2 Å². The van der Waals surface area contributed by atoms with Crippen molar-refractivity contribution in [2.75, 3.05) is 29.9 Å². The first-order chi connectivity index (χ1) is 14.7. The first-order valence-corrected chi connectivity index (χ1v) is 10.4. The van der Waals surface area contributed by atoms with Crippen molar-refractivity contribution in [3.63, 3.8) is 0 Å². The van der Waals surface area contributed by atoms with Crippen LogP contribution >= 0.6 is 12.2 Å². The molecule has 0 aliphatic carbocycles. The zero-order valence-corrected chi connectivity index (χ0v) is 17.9. The molecule has 1 amide bonds. The summed E-state index contributed by atoms with van der Waals surface area (Å²) in [5, 5.41) is 5.13. The standard InChI is InChI=1S/C22H24F3N3O2S/c1-15-5-8-17(9-6-15)30-14-20(29)27-21(31)26-18-13-16(22(23,24)25)7-10-19(18)28-11-3-2-4-12-28/h5-10,13H,2-4,11-12,14H2,1H3,(H2,26,27,29,31). The van der Waals surface area contributed by atoms with E-state index in [1.807, 2.05) is 24.0 Å². The van der Waals surface area contributed by atoms with Crippen molar-refractivity contribution in [2.45, 2.75) is 32.4 Å². The first kappa shape index (κ1) is 22.9. The van der Waals surface area contributed by atoms with Crippen molar-refractivity contribution in [3.05, 3.63) is 53.6 Å². The van der Waals surface area contributed by atoms with Crippen LogP contribution in [0.3, 0.4) is 0 Å². The summed E-state index contributed by atoms with van der Waals surface area (Å²) in [7, 11) is 0. The number of nitrogens with one attached hydrogen (secondary N) is 2. The summed E-state index contributed by atoms with van der Waals surface area (Å²) in [6, 6.07) is 10.7. The third-order valence-electron chi connectivity index (χ3n) is 4.91. The van der Waals surface area contributed by atoms with Gasteiger partial charge >= 0.3 is 6.18 Å². The van der Waals surface area contributed by atoms with Gasteiger partial charge in [-0.05, 0) is 68.7 Å². The maximum absolute atomic E-state index is 13.2. The van der Waals surface area contributed by atoms with E-state index in [2.05, 4.69) is 10.6 Å². The van der Waals surface area contributed by atoms with Crippen LogP contribution in [-0.2, 0) is 11.0 Å². The summed E-state index contributed by atoms with van der Waals surface area (Å²) in [4.78, 5) is 14.2. The minimum Gasteiger partial charge on any atom is -0.484 e. The smallest absolute Gasteiger partial charge is 0.416 e. The van der Waals surface area contributed by atoms with E-state index in [1.54, 1.807) is 12.1 Å². The van der Waals surface area contributed by atoms with Gasteiger partial charge in [-0.3, -0.25) is 10.1 Å². The molecule has 2 aromatic carbocycles. The number of piperidine rings is 1. The molecule has 0 bridgehead atoms. The lowest BCUT2D eigenvalue weighted by molar-refractivity contribution is -0.137. The number of ether oxygens (including phenoxy) is 1. The molecule has 0 aromatic heterocycles. The summed E-state index contributed by atoms with van der Waals surface area (Å²) in [5.74, 6) is 0.0227. The van der Waals surface area contributed by atoms with E-state index in [9.17, 15) is 18.0 Å². The monoisotopic (exact) mass is 451 g/mol. The number of nitrogens with zero attached hydrogens (tertiary/aromatic N) is 1. The lowest BCUT2D eigenvalue weighted by Crippen LogP contribution is -2.38. The van der Waals surface area contributed by atoms with Crippen LogP contribution in [0.25, 0.3) is 0 Å². The number of carbonyl (C=O) groups is 1. The van der Waals surface area contributed by atoms with E-state index < -0.39 is 17.6 Å². The predicted molar refractivity (Wildman–Crippen MR) is 119 cm³/mol. The second-order valence-corrected chi connectivity index (χ2v) is 7.79. The molecule has 0 radical (unpaired) electrons. The first-order valence-electron chi connectivity index (χ1n) is 9.99. The van der Waals surface area contributed by atoms with Crippen molar-refractivity contribution in [1.29, 1.82) is 0 Å². The van der Waals surface area contributed by atoms with Gasteiger partial charge in [-0.1, -0.05) is 17.7 Å². The number of carbonyl (C=O) groups excluding carboxylic acids is 1. The number of halogens is 3. The highest BCUT2D eigenvalue weighted by Crippen LogP contribution is 2.36. The number of rotatable bonds is 5. The van der Waals surface area contributed by atoms with Crippen LogP contribution < -0.4 is 20.3 Å². The number of thiocarbonyl (C=S) groups is 1. The molecule has 3 rings (SSSR count). The van der Waals surface area contributed by atoms with E-state index >= 15 is 0 Å². The van der Waals surface area contributed by atoms with Crippen LogP contribution in [0.2, 0.25) is 0 Å². The van der Waals surface area contributed by atoms with Crippen LogP contribution in [0.5, 0.6) is 5.75 Å². The molecule has 0 spiro atoms. The number of hydrogen-bond acceptors (Lipinski definition) is 4. The number of anilines is 2. The molecule has 0 unspecified atom stereocenters. The Hall–Kier alpha value is -2.81. The summed E-state index contributed by atoms with van der Waals surface area (Å²) in [6.45, 7) is 3.17. The largest absolute Gasteiger partial charge is 0.484 e. The Bertz CT molecular complexity index is 927. The van der Waals surface area contributed by atoms with E-state index in [1.165, 1.54) is 6.07 Å². The third-order valence-corrected chi connectivity index (χ3v) is 5.12. The molecule has 1 saturated heterocycles. The van der Waals surface area contributed by atoms with Gasteiger partial charge in [-0.25, -0.2) is 0 Å². The predicted octanol–water partition coefficient (Wildman–Crippen LogP) is 4.90. The zero-order valence-electron chi connectivity index (χ0n) is 17.1. The molecule has 0 saturated carbocycles. The molecule has 1 aliphatic rings. The third kappa shape index (κ3) is 6.58. The normalized spacial score (nSPS) is 14.1. The van der Waals surface area contributed by atoms with Crippen molar-refractivity contribution < 1.29 is 22.7 Å². The fourth-order valence-corrected chi connectivity index (χ4v) is 3.55.